The number of anilines is 1. The van der Waals surface area contributed by atoms with Crippen LogP contribution in [0.15, 0.2) is 43.3 Å². The summed E-state index contributed by atoms with van der Waals surface area (Å²) in [6, 6.07) is 0. The fourth-order valence-electron chi connectivity index (χ4n) is 2.24. The van der Waals surface area contributed by atoms with Crippen LogP contribution in [0.3, 0.4) is 0 Å². The SMILES string of the molecule is CCn1cc(Cn2cc(NC(=O)/C=C/c3cnn(C)c3)cn2)cn1. The van der Waals surface area contributed by atoms with E-state index in [4.69, 9.17) is 0 Å². The van der Waals surface area contributed by atoms with E-state index in [2.05, 4.69) is 20.6 Å². The molecular weight excluding hydrogens is 306 g/mol. The lowest BCUT2D eigenvalue weighted by atomic mass is 10.3. The number of hydrogen-bond donors (Lipinski definition) is 1. The highest BCUT2D eigenvalue weighted by atomic mass is 16.1. The molecule has 0 unspecified atom stereocenters. The van der Waals surface area contributed by atoms with E-state index in [-0.39, 0.29) is 5.91 Å². The molecular formula is C16H19N7O. The van der Waals surface area contributed by atoms with E-state index in [0.717, 1.165) is 17.7 Å². The van der Waals surface area contributed by atoms with Gasteiger partial charge in [0, 0.05) is 49.4 Å². The van der Waals surface area contributed by atoms with Crippen molar-refractivity contribution in [3.63, 3.8) is 0 Å². The first kappa shape index (κ1) is 15.7. The van der Waals surface area contributed by atoms with Gasteiger partial charge in [0.05, 0.1) is 30.8 Å². The second-order valence-corrected chi connectivity index (χ2v) is 5.40. The van der Waals surface area contributed by atoms with Crippen LogP contribution in [-0.2, 0) is 24.9 Å². The molecule has 0 aliphatic carbocycles. The minimum absolute atomic E-state index is 0.211. The Morgan fingerprint density at radius 3 is 2.67 bits per heavy atom. The molecule has 0 atom stereocenters. The number of nitrogens with one attached hydrogen (secondary N) is 1. The van der Waals surface area contributed by atoms with Gasteiger partial charge in [-0.25, -0.2) is 0 Å². The summed E-state index contributed by atoms with van der Waals surface area (Å²) in [5, 5.41) is 15.3. The van der Waals surface area contributed by atoms with Crippen LogP contribution in [0.1, 0.15) is 18.1 Å². The van der Waals surface area contributed by atoms with E-state index in [1.807, 2.05) is 37.2 Å². The monoisotopic (exact) mass is 325 g/mol. The first-order valence-electron chi connectivity index (χ1n) is 7.64. The smallest absolute Gasteiger partial charge is 0.248 e. The molecule has 124 valence electrons. The predicted molar refractivity (Wildman–Crippen MR) is 90.1 cm³/mol. The van der Waals surface area contributed by atoms with E-state index in [1.54, 1.807) is 34.0 Å². The average molecular weight is 325 g/mol. The van der Waals surface area contributed by atoms with Gasteiger partial charge >= 0.3 is 0 Å². The van der Waals surface area contributed by atoms with Crippen molar-refractivity contribution < 1.29 is 4.79 Å². The highest BCUT2D eigenvalue weighted by Crippen LogP contribution is 2.08. The zero-order valence-corrected chi connectivity index (χ0v) is 13.6. The lowest BCUT2D eigenvalue weighted by molar-refractivity contribution is -0.111. The Balaban J connectivity index is 1.57. The topological polar surface area (TPSA) is 82.6 Å². The summed E-state index contributed by atoms with van der Waals surface area (Å²) in [6.07, 6.45) is 13.9. The molecule has 0 aromatic carbocycles. The molecule has 3 aromatic rings. The van der Waals surface area contributed by atoms with Crippen LogP contribution in [0.4, 0.5) is 5.69 Å². The third-order valence-corrected chi connectivity index (χ3v) is 3.41. The summed E-state index contributed by atoms with van der Waals surface area (Å²) < 4.78 is 5.31. The maximum atomic E-state index is 11.9. The molecule has 1 amide bonds. The average Bonchev–Trinajstić information content (AvgIpc) is 3.28. The summed E-state index contributed by atoms with van der Waals surface area (Å²) in [5.74, 6) is -0.211. The number of aryl methyl sites for hydroxylation is 2. The molecule has 8 nitrogen and oxygen atoms in total. The number of hydrogen-bond acceptors (Lipinski definition) is 4. The number of carbonyl (C=O) groups is 1. The fraction of sp³-hybridized carbons (Fsp3) is 0.250. The van der Waals surface area contributed by atoms with Gasteiger partial charge in [0.25, 0.3) is 0 Å². The van der Waals surface area contributed by atoms with E-state index in [1.165, 1.54) is 6.08 Å². The minimum Gasteiger partial charge on any atom is -0.320 e. The summed E-state index contributed by atoms with van der Waals surface area (Å²) in [5.41, 5.74) is 2.59. The van der Waals surface area contributed by atoms with Crippen molar-refractivity contribution in [2.45, 2.75) is 20.0 Å². The van der Waals surface area contributed by atoms with Crippen LogP contribution in [-0.4, -0.2) is 35.2 Å². The van der Waals surface area contributed by atoms with Crippen molar-refractivity contribution in [1.82, 2.24) is 29.3 Å². The first-order valence-corrected chi connectivity index (χ1v) is 7.64. The Bertz CT molecular complexity index is 855. The highest BCUT2D eigenvalue weighted by Gasteiger charge is 2.04. The van der Waals surface area contributed by atoms with Crippen LogP contribution in [0.5, 0.6) is 0 Å². The summed E-state index contributed by atoms with van der Waals surface area (Å²) >= 11 is 0. The predicted octanol–water partition coefficient (Wildman–Crippen LogP) is 1.53. The van der Waals surface area contributed by atoms with E-state index in [9.17, 15) is 4.79 Å². The van der Waals surface area contributed by atoms with Gasteiger partial charge in [0.1, 0.15) is 0 Å². The molecule has 3 heterocycles. The Labute approximate surface area is 139 Å². The lowest BCUT2D eigenvalue weighted by Crippen LogP contribution is -2.07. The summed E-state index contributed by atoms with van der Waals surface area (Å²) in [6.45, 7) is 3.49. The molecule has 0 bridgehead atoms. The molecule has 24 heavy (non-hydrogen) atoms. The summed E-state index contributed by atoms with van der Waals surface area (Å²) in [7, 11) is 1.83. The second kappa shape index (κ2) is 6.95. The second-order valence-electron chi connectivity index (χ2n) is 5.40. The quantitative estimate of drug-likeness (QED) is 0.697. The Morgan fingerprint density at radius 1 is 1.12 bits per heavy atom. The molecule has 3 aromatic heterocycles. The minimum atomic E-state index is -0.211. The lowest BCUT2D eigenvalue weighted by Gasteiger charge is -1.98. The molecule has 3 rings (SSSR count). The van der Waals surface area contributed by atoms with Gasteiger partial charge in [0.15, 0.2) is 0 Å². The molecule has 0 fully saturated rings. The zero-order chi connectivity index (χ0) is 16.9. The van der Waals surface area contributed by atoms with E-state index < -0.39 is 0 Å². The van der Waals surface area contributed by atoms with Crippen LogP contribution in [0.25, 0.3) is 6.08 Å². The van der Waals surface area contributed by atoms with Crippen LogP contribution in [0.2, 0.25) is 0 Å². The highest BCUT2D eigenvalue weighted by molar-refractivity contribution is 6.01. The molecule has 0 aliphatic rings. The van der Waals surface area contributed by atoms with Crippen LogP contribution < -0.4 is 5.32 Å². The largest absolute Gasteiger partial charge is 0.320 e. The van der Waals surface area contributed by atoms with Crippen molar-refractivity contribution >= 4 is 17.7 Å². The van der Waals surface area contributed by atoms with Crippen molar-refractivity contribution in [1.29, 1.82) is 0 Å². The van der Waals surface area contributed by atoms with Gasteiger partial charge in [-0.1, -0.05) is 0 Å². The van der Waals surface area contributed by atoms with Gasteiger partial charge in [0.2, 0.25) is 5.91 Å². The number of rotatable bonds is 6. The van der Waals surface area contributed by atoms with Gasteiger partial charge in [-0.2, -0.15) is 15.3 Å². The molecule has 0 saturated carbocycles. The Kier molecular flexibility index (Phi) is 4.55. The number of aromatic nitrogens is 6. The Morgan fingerprint density at radius 2 is 1.96 bits per heavy atom. The molecule has 1 N–H and O–H groups in total. The van der Waals surface area contributed by atoms with Crippen molar-refractivity contribution in [2.75, 3.05) is 5.32 Å². The van der Waals surface area contributed by atoms with Crippen LogP contribution >= 0.6 is 0 Å². The molecule has 0 spiro atoms. The van der Waals surface area contributed by atoms with Gasteiger partial charge in [-0.15, -0.1) is 0 Å². The molecule has 0 radical (unpaired) electrons. The Hall–Kier alpha value is -3.16. The third kappa shape index (κ3) is 3.97. The maximum Gasteiger partial charge on any atom is 0.248 e. The number of carbonyl (C=O) groups excluding carboxylic acids is 1. The third-order valence-electron chi connectivity index (χ3n) is 3.41. The standard InChI is InChI=1S/C16H19N7O/c1-3-22-10-14(7-18-22)11-23-12-15(8-19-23)20-16(24)5-4-13-6-17-21(2)9-13/h4-10,12H,3,11H2,1-2H3,(H,20,24)/b5-4+. The summed E-state index contributed by atoms with van der Waals surface area (Å²) in [4.78, 5) is 11.9. The van der Waals surface area contributed by atoms with Gasteiger partial charge < -0.3 is 5.32 Å². The fourth-order valence-corrected chi connectivity index (χ4v) is 2.24. The molecule has 8 heteroatoms. The molecule has 0 aliphatic heterocycles. The zero-order valence-electron chi connectivity index (χ0n) is 13.6. The van der Waals surface area contributed by atoms with Crippen molar-refractivity contribution in [2.24, 2.45) is 7.05 Å². The number of amides is 1. The van der Waals surface area contributed by atoms with Crippen molar-refractivity contribution in [3.05, 3.63) is 54.4 Å². The van der Waals surface area contributed by atoms with Gasteiger partial charge in [-0.05, 0) is 13.0 Å². The van der Waals surface area contributed by atoms with Crippen LogP contribution in [0, 0.1) is 0 Å². The molecule has 0 saturated heterocycles. The number of nitrogens with zero attached hydrogens (tertiary/aromatic N) is 6. The van der Waals surface area contributed by atoms with Gasteiger partial charge in [-0.3, -0.25) is 18.8 Å². The van der Waals surface area contributed by atoms with E-state index in [0.29, 0.717) is 12.2 Å². The maximum absolute atomic E-state index is 11.9. The normalized spacial score (nSPS) is 11.2. The first-order chi connectivity index (χ1) is 11.6. The van der Waals surface area contributed by atoms with Crippen molar-refractivity contribution in [3.8, 4) is 0 Å². The van der Waals surface area contributed by atoms with E-state index >= 15 is 0 Å².